The summed E-state index contributed by atoms with van der Waals surface area (Å²) >= 11 is 6.60. The minimum Gasteiger partial charge on any atom is -0.461 e. The molecule has 1 saturated heterocycles. The molecule has 1 saturated carbocycles. The molecule has 3 aromatic rings. The number of halogens is 1. The number of benzene rings is 1. The van der Waals surface area contributed by atoms with Crippen LogP contribution >= 0.6 is 11.6 Å². The molecule has 8 nitrogen and oxygen atoms in total. The zero-order valence-corrected chi connectivity index (χ0v) is 21.0. The molecule has 5 rings (SSSR count). The summed E-state index contributed by atoms with van der Waals surface area (Å²) in [5, 5.41) is 0.556. The smallest absolute Gasteiger partial charge is 0.296 e. The first-order valence-corrected chi connectivity index (χ1v) is 12.6. The summed E-state index contributed by atoms with van der Waals surface area (Å²) in [4.78, 5) is 26.6. The number of morpholine rings is 1. The van der Waals surface area contributed by atoms with Gasteiger partial charge in [0.15, 0.2) is 5.65 Å². The highest BCUT2D eigenvalue weighted by Crippen LogP contribution is 2.39. The number of rotatable bonds is 6. The Morgan fingerprint density at radius 3 is 2.49 bits per heavy atom. The molecular weight excluding hydrogens is 466 g/mol. The van der Waals surface area contributed by atoms with Gasteiger partial charge < -0.3 is 25.1 Å². The third-order valence-corrected chi connectivity index (χ3v) is 7.82. The van der Waals surface area contributed by atoms with Crippen molar-refractivity contribution in [3.05, 3.63) is 35.4 Å². The number of carbonyl (C=O) groups is 1. The molecule has 2 aliphatic rings. The Bertz CT molecular complexity index is 1200. The van der Waals surface area contributed by atoms with Crippen molar-refractivity contribution in [3.63, 3.8) is 0 Å². The molecule has 9 heteroatoms. The highest BCUT2D eigenvalue weighted by Gasteiger charge is 2.38. The van der Waals surface area contributed by atoms with Gasteiger partial charge in [0, 0.05) is 29.8 Å². The van der Waals surface area contributed by atoms with Gasteiger partial charge in [0.1, 0.15) is 6.10 Å². The number of amides is 1. The summed E-state index contributed by atoms with van der Waals surface area (Å²) < 4.78 is 11.6. The molecule has 1 aliphatic carbocycles. The van der Waals surface area contributed by atoms with Gasteiger partial charge in [-0.2, -0.15) is 4.98 Å². The van der Waals surface area contributed by atoms with Crippen LogP contribution in [0, 0.1) is 11.3 Å². The van der Waals surface area contributed by atoms with Crippen molar-refractivity contribution in [2.45, 2.75) is 45.6 Å². The molecule has 2 aromatic heterocycles. The molecule has 0 spiro atoms. The van der Waals surface area contributed by atoms with Crippen molar-refractivity contribution < 1.29 is 14.3 Å². The number of primary amides is 1. The van der Waals surface area contributed by atoms with Gasteiger partial charge in [0.2, 0.25) is 5.91 Å². The maximum Gasteiger partial charge on any atom is 0.296 e. The zero-order chi connectivity index (χ0) is 24.6. The minimum absolute atomic E-state index is 0.0400. The molecule has 186 valence electrons. The molecule has 1 aliphatic heterocycles. The predicted molar refractivity (Wildman–Crippen MR) is 137 cm³/mol. The van der Waals surface area contributed by atoms with E-state index in [1.54, 1.807) is 0 Å². The van der Waals surface area contributed by atoms with Gasteiger partial charge in [-0.05, 0) is 49.8 Å². The number of hydrogen-bond acceptors (Lipinski definition) is 6. The number of aromatic amines is 1. The van der Waals surface area contributed by atoms with Gasteiger partial charge in [-0.25, -0.2) is 4.98 Å². The van der Waals surface area contributed by atoms with E-state index in [-0.39, 0.29) is 17.9 Å². The third-order valence-electron chi connectivity index (χ3n) is 7.53. The number of H-pyrrole nitrogens is 1. The molecule has 3 N–H and O–H groups in total. The van der Waals surface area contributed by atoms with Crippen molar-refractivity contribution in [3.8, 4) is 17.3 Å². The van der Waals surface area contributed by atoms with E-state index in [0.29, 0.717) is 22.4 Å². The quantitative estimate of drug-likeness (QED) is 0.517. The average molecular weight is 498 g/mol. The van der Waals surface area contributed by atoms with Crippen molar-refractivity contribution in [1.82, 2.24) is 15.0 Å². The number of nitrogens with one attached hydrogen (secondary N) is 1. The van der Waals surface area contributed by atoms with Gasteiger partial charge in [-0.3, -0.25) is 4.79 Å². The Morgan fingerprint density at radius 2 is 1.83 bits per heavy atom. The van der Waals surface area contributed by atoms with E-state index < -0.39 is 5.41 Å². The lowest BCUT2D eigenvalue weighted by atomic mass is 9.70. The second-order valence-corrected chi connectivity index (χ2v) is 10.5. The van der Waals surface area contributed by atoms with Crippen molar-refractivity contribution in [2.75, 3.05) is 31.2 Å². The normalized spacial score (nSPS) is 21.3. The Hall–Kier alpha value is -2.84. The number of anilines is 1. The second-order valence-electron chi connectivity index (χ2n) is 10.1. The molecule has 0 radical (unpaired) electrons. The molecule has 0 bridgehead atoms. The van der Waals surface area contributed by atoms with E-state index in [9.17, 15) is 4.79 Å². The summed E-state index contributed by atoms with van der Waals surface area (Å²) in [5.74, 6) is 0.0295. The number of nitrogens with two attached hydrogens (primary N) is 1. The maximum absolute atomic E-state index is 11.8. The van der Waals surface area contributed by atoms with E-state index in [4.69, 9.17) is 31.8 Å². The summed E-state index contributed by atoms with van der Waals surface area (Å²) in [5.41, 5.74) is 9.21. The van der Waals surface area contributed by atoms with Crippen LogP contribution in [0.5, 0.6) is 6.01 Å². The zero-order valence-electron chi connectivity index (χ0n) is 20.2. The fourth-order valence-electron chi connectivity index (χ4n) is 5.07. The minimum atomic E-state index is -0.498. The van der Waals surface area contributed by atoms with E-state index in [1.807, 2.05) is 32.0 Å². The second kappa shape index (κ2) is 9.66. The molecule has 2 fully saturated rings. The summed E-state index contributed by atoms with van der Waals surface area (Å²) in [6, 6.07) is 10.6. The number of hydrogen-bond donors (Lipinski definition) is 2. The van der Waals surface area contributed by atoms with Gasteiger partial charge >= 0.3 is 0 Å². The van der Waals surface area contributed by atoms with Gasteiger partial charge in [0.05, 0.1) is 29.4 Å². The van der Waals surface area contributed by atoms with Crippen molar-refractivity contribution >= 4 is 34.4 Å². The van der Waals surface area contributed by atoms with Crippen LogP contribution < -0.4 is 15.4 Å². The molecule has 1 amide bonds. The lowest BCUT2D eigenvalue weighted by Crippen LogP contribution is -2.41. The first-order valence-electron chi connectivity index (χ1n) is 12.3. The van der Waals surface area contributed by atoms with Crippen LogP contribution in [0.3, 0.4) is 0 Å². The van der Waals surface area contributed by atoms with Crippen LogP contribution in [-0.2, 0) is 9.53 Å². The van der Waals surface area contributed by atoms with E-state index in [1.165, 1.54) is 5.69 Å². The number of ether oxygens (including phenoxy) is 2. The summed E-state index contributed by atoms with van der Waals surface area (Å²) in [7, 11) is 0. The number of fused-ring (bicyclic) bond motifs is 1. The van der Waals surface area contributed by atoms with E-state index in [0.717, 1.165) is 63.1 Å². The first-order chi connectivity index (χ1) is 16.8. The fourth-order valence-corrected chi connectivity index (χ4v) is 5.33. The van der Waals surface area contributed by atoms with Crippen molar-refractivity contribution in [2.24, 2.45) is 17.1 Å². The predicted octanol–water partition coefficient (Wildman–Crippen LogP) is 4.56. The van der Waals surface area contributed by atoms with Crippen LogP contribution in [0.2, 0.25) is 5.02 Å². The number of carbonyl (C=O) groups excluding carboxylic acids is 1. The summed E-state index contributed by atoms with van der Waals surface area (Å²) in [6.07, 6.45) is 3.55. The Labute approximate surface area is 210 Å². The van der Waals surface area contributed by atoms with E-state index in [2.05, 4.69) is 27.0 Å². The highest BCUT2D eigenvalue weighted by molar-refractivity contribution is 6.33. The van der Waals surface area contributed by atoms with Gasteiger partial charge in [0.25, 0.3) is 6.01 Å². The standard InChI is InChI=1S/C26H32ClN5O3/c1-26(2,24(28)33)17-5-9-19(10-6-17)35-25-29-21-15-20(27)22(30-23(21)31-25)16-3-7-18(8-4-16)32-11-13-34-14-12-32/h3-4,7-8,15,17,19H,5-6,9-14H2,1-2H3,(H2,28,33)(H,29,30,31)/t17-,19-. The molecule has 3 heterocycles. The molecule has 0 unspecified atom stereocenters. The molecule has 0 atom stereocenters. The van der Waals surface area contributed by atoms with Crippen LogP contribution in [0.15, 0.2) is 30.3 Å². The Morgan fingerprint density at radius 1 is 1.14 bits per heavy atom. The average Bonchev–Trinajstić information content (AvgIpc) is 3.25. The Kier molecular flexibility index (Phi) is 6.59. The maximum atomic E-state index is 11.8. The van der Waals surface area contributed by atoms with Crippen LogP contribution in [0.25, 0.3) is 22.4 Å². The fraction of sp³-hybridized carbons (Fsp3) is 0.500. The van der Waals surface area contributed by atoms with Gasteiger partial charge in [-0.15, -0.1) is 0 Å². The number of pyridine rings is 1. The molecule has 35 heavy (non-hydrogen) atoms. The highest BCUT2D eigenvalue weighted by atomic mass is 35.5. The van der Waals surface area contributed by atoms with Crippen LogP contribution in [0.4, 0.5) is 5.69 Å². The molecular formula is C26H32ClN5O3. The topological polar surface area (TPSA) is 106 Å². The van der Waals surface area contributed by atoms with Gasteiger partial charge in [-0.1, -0.05) is 37.6 Å². The van der Waals surface area contributed by atoms with Crippen LogP contribution in [0.1, 0.15) is 39.5 Å². The number of imidazole rings is 1. The monoisotopic (exact) mass is 497 g/mol. The lowest BCUT2D eigenvalue weighted by molar-refractivity contribution is -0.129. The lowest BCUT2D eigenvalue weighted by Gasteiger charge is -2.36. The third kappa shape index (κ3) is 4.95. The Balaban J connectivity index is 1.28. The van der Waals surface area contributed by atoms with Crippen LogP contribution in [-0.4, -0.2) is 53.3 Å². The largest absolute Gasteiger partial charge is 0.461 e. The molecule has 1 aromatic carbocycles. The summed E-state index contributed by atoms with van der Waals surface area (Å²) in [6.45, 7) is 7.16. The van der Waals surface area contributed by atoms with Crippen molar-refractivity contribution in [1.29, 1.82) is 0 Å². The first kappa shape index (κ1) is 23.9. The number of nitrogens with zero attached hydrogens (tertiary/aromatic N) is 3. The van der Waals surface area contributed by atoms with E-state index >= 15 is 0 Å². The number of aromatic nitrogens is 3. The SMILES string of the molecule is CC(C)(C(N)=O)[C@H]1CC[C@H](Oc2nc3nc(-c4ccc(N5CCOCC5)cc4)c(Cl)cc3[nH]2)CC1.